The smallest absolute Gasteiger partial charge is 0.320 e. The summed E-state index contributed by atoms with van der Waals surface area (Å²) in [5, 5.41) is 12.0. The van der Waals surface area contributed by atoms with Crippen LogP contribution in [0.2, 0.25) is 0 Å². The van der Waals surface area contributed by atoms with Crippen LogP contribution in [0.3, 0.4) is 0 Å². The lowest BCUT2D eigenvalue weighted by Gasteiger charge is -2.16. The quantitative estimate of drug-likeness (QED) is 0.835. The summed E-state index contributed by atoms with van der Waals surface area (Å²) >= 11 is 0. The Morgan fingerprint density at radius 3 is 2.44 bits per heavy atom. The Morgan fingerprint density at radius 1 is 1.33 bits per heavy atom. The molecule has 0 radical (unpaired) electrons. The molecule has 3 nitrogen and oxygen atoms in total. The molecule has 0 aliphatic carbocycles. The normalized spacial score (nSPS) is 12.4. The van der Waals surface area contributed by atoms with Gasteiger partial charge in [-0.2, -0.15) is 0 Å². The number of benzene rings is 1. The Bertz CT molecular complexity index is 377. The van der Waals surface area contributed by atoms with Crippen molar-refractivity contribution in [2.24, 2.45) is 5.92 Å². The summed E-state index contributed by atoms with van der Waals surface area (Å²) in [5.41, 5.74) is 1.12. The van der Waals surface area contributed by atoms with Gasteiger partial charge >= 0.3 is 5.97 Å². The van der Waals surface area contributed by atoms with Crippen LogP contribution < -0.4 is 5.32 Å². The van der Waals surface area contributed by atoms with Gasteiger partial charge in [-0.3, -0.25) is 4.79 Å². The minimum absolute atomic E-state index is 0. The van der Waals surface area contributed by atoms with Crippen molar-refractivity contribution in [2.45, 2.75) is 19.9 Å². The molecule has 0 saturated carbocycles. The Hall–Kier alpha value is -1.32. The first-order valence-electron chi connectivity index (χ1n) is 5.79. The van der Waals surface area contributed by atoms with Crippen molar-refractivity contribution >= 4 is 24.5 Å². The molecule has 0 saturated heterocycles. The second-order valence-corrected chi connectivity index (χ2v) is 4.28. The summed E-state index contributed by atoms with van der Waals surface area (Å²) in [6.45, 7) is 4.35. The molecule has 0 aliphatic heterocycles. The second-order valence-electron chi connectivity index (χ2n) is 4.28. The van der Waals surface area contributed by atoms with Gasteiger partial charge in [-0.15, -0.1) is 12.4 Å². The van der Waals surface area contributed by atoms with E-state index in [1.807, 2.05) is 56.3 Å². The summed E-state index contributed by atoms with van der Waals surface area (Å²) in [7, 11) is 0. The van der Waals surface area contributed by atoms with Crippen molar-refractivity contribution in [3.05, 3.63) is 42.0 Å². The van der Waals surface area contributed by atoms with Gasteiger partial charge in [-0.25, -0.2) is 0 Å². The summed E-state index contributed by atoms with van der Waals surface area (Å²) in [6, 6.07) is 9.44. The third-order valence-electron chi connectivity index (χ3n) is 2.50. The van der Waals surface area contributed by atoms with Crippen LogP contribution >= 0.6 is 12.4 Å². The lowest BCUT2D eigenvalue weighted by molar-refractivity contribution is -0.140. The molecule has 1 aromatic carbocycles. The van der Waals surface area contributed by atoms with Crippen molar-refractivity contribution < 1.29 is 9.90 Å². The third-order valence-corrected chi connectivity index (χ3v) is 2.50. The number of hydrogen-bond donors (Lipinski definition) is 2. The predicted molar refractivity (Wildman–Crippen MR) is 77.0 cm³/mol. The van der Waals surface area contributed by atoms with Gasteiger partial charge in [0.25, 0.3) is 0 Å². The minimum atomic E-state index is -0.798. The van der Waals surface area contributed by atoms with Crippen molar-refractivity contribution in [3.63, 3.8) is 0 Å². The summed E-state index contributed by atoms with van der Waals surface area (Å²) < 4.78 is 0. The van der Waals surface area contributed by atoms with Gasteiger partial charge in [0.1, 0.15) is 6.04 Å². The van der Waals surface area contributed by atoms with Gasteiger partial charge in [0.05, 0.1) is 0 Å². The van der Waals surface area contributed by atoms with Crippen LogP contribution in [0.1, 0.15) is 19.4 Å². The molecule has 0 aliphatic rings. The SMILES string of the molecule is CC(C)C(NC/C=C/c1ccccc1)C(=O)O.Cl. The fraction of sp³-hybridized carbons (Fsp3) is 0.357. The van der Waals surface area contributed by atoms with E-state index in [9.17, 15) is 4.79 Å². The molecule has 0 fully saturated rings. The van der Waals surface area contributed by atoms with E-state index in [-0.39, 0.29) is 18.3 Å². The van der Waals surface area contributed by atoms with Gasteiger partial charge in [-0.1, -0.05) is 56.3 Å². The molecule has 18 heavy (non-hydrogen) atoms. The fourth-order valence-corrected chi connectivity index (χ4v) is 1.56. The van der Waals surface area contributed by atoms with Gasteiger partial charge in [-0.05, 0) is 11.5 Å². The third kappa shape index (κ3) is 5.84. The average Bonchev–Trinajstić information content (AvgIpc) is 2.29. The highest BCUT2D eigenvalue weighted by Crippen LogP contribution is 2.02. The van der Waals surface area contributed by atoms with Gasteiger partial charge in [0.15, 0.2) is 0 Å². The molecule has 1 rings (SSSR count). The van der Waals surface area contributed by atoms with E-state index in [1.54, 1.807) is 0 Å². The molecule has 0 spiro atoms. The standard InChI is InChI=1S/C14H19NO2.ClH/c1-11(2)13(14(16)17)15-10-6-9-12-7-4-3-5-8-12;/h3-9,11,13,15H,10H2,1-2H3,(H,16,17);1H/b9-6+;. The minimum Gasteiger partial charge on any atom is -0.480 e. The first-order chi connectivity index (χ1) is 8.11. The van der Waals surface area contributed by atoms with Crippen LogP contribution in [0.4, 0.5) is 0 Å². The number of aliphatic carboxylic acids is 1. The number of carboxylic acid groups (broad SMARTS) is 1. The Labute approximate surface area is 114 Å². The maximum Gasteiger partial charge on any atom is 0.320 e. The molecular formula is C14H20ClNO2. The van der Waals surface area contributed by atoms with E-state index >= 15 is 0 Å². The van der Waals surface area contributed by atoms with E-state index < -0.39 is 12.0 Å². The number of nitrogens with one attached hydrogen (secondary N) is 1. The van der Waals surface area contributed by atoms with Gasteiger partial charge in [0.2, 0.25) is 0 Å². The number of rotatable bonds is 6. The Balaban J connectivity index is 0.00000289. The lowest BCUT2D eigenvalue weighted by Crippen LogP contribution is -2.40. The number of carboxylic acids is 1. The maximum atomic E-state index is 10.9. The first-order valence-corrected chi connectivity index (χ1v) is 5.79. The number of halogens is 1. The van der Waals surface area contributed by atoms with E-state index in [0.717, 1.165) is 5.56 Å². The van der Waals surface area contributed by atoms with Crippen LogP contribution in [0.25, 0.3) is 6.08 Å². The van der Waals surface area contributed by atoms with Crippen LogP contribution in [0.15, 0.2) is 36.4 Å². The topological polar surface area (TPSA) is 49.3 Å². The largest absolute Gasteiger partial charge is 0.480 e. The predicted octanol–water partition coefficient (Wildman–Crippen LogP) is 2.82. The second kappa shape index (κ2) is 8.72. The Morgan fingerprint density at radius 2 is 1.94 bits per heavy atom. The molecule has 0 aromatic heterocycles. The molecule has 0 heterocycles. The van der Waals surface area contributed by atoms with Crippen LogP contribution in [0.5, 0.6) is 0 Å². The van der Waals surface area contributed by atoms with E-state index in [2.05, 4.69) is 5.32 Å². The van der Waals surface area contributed by atoms with Crippen molar-refractivity contribution in [2.75, 3.05) is 6.54 Å². The van der Waals surface area contributed by atoms with E-state index in [1.165, 1.54) is 0 Å². The molecule has 1 unspecified atom stereocenters. The zero-order valence-corrected chi connectivity index (χ0v) is 11.5. The molecule has 1 atom stereocenters. The zero-order valence-electron chi connectivity index (χ0n) is 10.7. The summed E-state index contributed by atoms with van der Waals surface area (Å²) in [4.78, 5) is 10.9. The van der Waals surface area contributed by atoms with E-state index in [4.69, 9.17) is 5.11 Å². The maximum absolute atomic E-state index is 10.9. The van der Waals surface area contributed by atoms with Crippen LogP contribution in [-0.4, -0.2) is 23.7 Å². The fourth-order valence-electron chi connectivity index (χ4n) is 1.56. The molecule has 0 amide bonds. The highest BCUT2D eigenvalue weighted by Gasteiger charge is 2.19. The molecule has 100 valence electrons. The highest BCUT2D eigenvalue weighted by atomic mass is 35.5. The number of hydrogen-bond acceptors (Lipinski definition) is 2. The molecule has 4 heteroatoms. The summed E-state index contributed by atoms with van der Waals surface area (Å²) in [5.74, 6) is -0.717. The Kier molecular flexibility index (Phi) is 8.08. The average molecular weight is 270 g/mol. The van der Waals surface area contributed by atoms with Crippen molar-refractivity contribution in [1.29, 1.82) is 0 Å². The van der Waals surface area contributed by atoms with E-state index in [0.29, 0.717) is 6.54 Å². The summed E-state index contributed by atoms with van der Waals surface area (Å²) in [6.07, 6.45) is 3.92. The zero-order chi connectivity index (χ0) is 12.7. The lowest BCUT2D eigenvalue weighted by atomic mass is 10.1. The molecule has 1 aromatic rings. The highest BCUT2D eigenvalue weighted by molar-refractivity contribution is 5.85. The first kappa shape index (κ1) is 16.7. The number of carbonyl (C=O) groups is 1. The van der Waals surface area contributed by atoms with Crippen LogP contribution in [0, 0.1) is 5.92 Å². The van der Waals surface area contributed by atoms with Gasteiger partial charge in [0, 0.05) is 6.54 Å². The van der Waals surface area contributed by atoms with Crippen molar-refractivity contribution in [3.8, 4) is 0 Å². The van der Waals surface area contributed by atoms with Crippen molar-refractivity contribution in [1.82, 2.24) is 5.32 Å². The van der Waals surface area contributed by atoms with Gasteiger partial charge < -0.3 is 10.4 Å². The molecule has 0 bridgehead atoms. The van der Waals surface area contributed by atoms with Crippen LogP contribution in [-0.2, 0) is 4.79 Å². The monoisotopic (exact) mass is 269 g/mol. The molecular weight excluding hydrogens is 250 g/mol. The molecule has 2 N–H and O–H groups in total.